The molecule has 0 aliphatic carbocycles. The highest BCUT2D eigenvalue weighted by Gasteiger charge is 2.29. The van der Waals surface area contributed by atoms with Crippen LogP contribution >= 0.6 is 57.9 Å². The highest BCUT2D eigenvalue weighted by Crippen LogP contribution is 2.35. The number of anilines is 1. The van der Waals surface area contributed by atoms with Gasteiger partial charge >= 0.3 is 0 Å². The van der Waals surface area contributed by atoms with Crippen molar-refractivity contribution in [1.29, 1.82) is 0 Å². The van der Waals surface area contributed by atoms with Crippen molar-refractivity contribution >= 4 is 131 Å². The number of aliphatic imine (C=N–C) groups is 1. The number of amidine groups is 1. The van der Waals surface area contributed by atoms with Gasteiger partial charge in [0.15, 0.2) is 0 Å². The summed E-state index contributed by atoms with van der Waals surface area (Å²) < 4.78 is 116. The van der Waals surface area contributed by atoms with E-state index < -0.39 is 64.8 Å². The van der Waals surface area contributed by atoms with Crippen molar-refractivity contribution in [2.24, 2.45) is 25.5 Å². The summed E-state index contributed by atoms with van der Waals surface area (Å²) in [5.74, 6) is 0.928. The molecule has 1 amide bonds. The second kappa shape index (κ2) is 18.1. The lowest BCUT2D eigenvalue weighted by Crippen LogP contribution is -2.35. The largest absolute Gasteiger partial charge is 0.301 e. The van der Waals surface area contributed by atoms with E-state index in [-0.39, 0.29) is 46.9 Å². The molecule has 0 atom stereocenters. The maximum atomic E-state index is 12.4. The standard InChI is InChI=1S/C15H14ClN3O4S3.C6H6Cl2N2O4S2.C4H6N4O3S2/c16-11-6-12-14(7-13(11)25(17,20)21)26(22,23)19-15(18-12)9-24-8-10-4-2-1-3-5-10;7-4-1-3(15(9,11)12)2-5(6(4)8)16(10,13)14;1-2(9)6-3-7-8-4(12-3)13(5,10)11/h1-7H,8-9H2,(H,18,19)(H2,17,20,21);1-2H,(H2,9,11,12)(H2,10,13,14);1H3,(H2,5,10,11)(H,6,7,9). The number of hydrogen-bond donors (Lipinski definition) is 6. The van der Waals surface area contributed by atoms with Crippen molar-refractivity contribution < 1.29 is 46.9 Å². The van der Waals surface area contributed by atoms with Crippen LogP contribution in [0.3, 0.4) is 0 Å². The van der Waals surface area contributed by atoms with Crippen LogP contribution in [0.15, 0.2) is 83.5 Å². The van der Waals surface area contributed by atoms with E-state index in [1.54, 1.807) is 0 Å². The van der Waals surface area contributed by atoms with E-state index in [0.717, 1.165) is 23.8 Å². The number of aromatic nitrogens is 2. The summed E-state index contributed by atoms with van der Waals surface area (Å²) in [6.07, 6.45) is 0. The number of nitrogens with zero attached hydrogens (tertiary/aromatic N) is 3. The van der Waals surface area contributed by atoms with Gasteiger partial charge in [-0.15, -0.1) is 22.0 Å². The minimum Gasteiger partial charge on any atom is -0.301 e. The summed E-state index contributed by atoms with van der Waals surface area (Å²) in [5, 5.41) is 27.8. The number of rotatable bonds is 9. The van der Waals surface area contributed by atoms with Gasteiger partial charge < -0.3 is 5.32 Å². The Labute approximate surface area is 338 Å². The quantitative estimate of drug-likeness (QED) is 0.130. The average molecular weight is 959 g/mol. The Morgan fingerprint density at radius 1 is 0.800 bits per heavy atom. The van der Waals surface area contributed by atoms with Crippen LogP contribution in [0.5, 0.6) is 0 Å². The fraction of sp³-hybridized carbons (Fsp3) is 0.120. The second-order valence-corrected chi connectivity index (χ2v) is 21.5. The van der Waals surface area contributed by atoms with Gasteiger partial charge in [0, 0.05) is 12.7 Å². The summed E-state index contributed by atoms with van der Waals surface area (Å²) in [4.78, 5) is 13.0. The van der Waals surface area contributed by atoms with Crippen LogP contribution in [0.4, 0.5) is 10.8 Å². The van der Waals surface area contributed by atoms with E-state index in [9.17, 15) is 46.9 Å². The number of fused-ring (bicyclic) bond motifs is 1. The van der Waals surface area contributed by atoms with Gasteiger partial charge in [-0.25, -0.2) is 67.6 Å². The average Bonchev–Trinajstić information content (AvgIpc) is 3.50. The number of carbonyl (C=O) groups is 1. The molecule has 300 valence electrons. The number of sulfonamides is 5. The molecular formula is C25H26Cl3N9O11S7. The monoisotopic (exact) mass is 957 g/mol. The van der Waals surface area contributed by atoms with Crippen molar-refractivity contribution in [1.82, 2.24) is 14.9 Å². The first kappa shape index (κ1) is 46.4. The number of halogens is 3. The minimum absolute atomic E-state index is 0.0801. The molecule has 30 heteroatoms. The third kappa shape index (κ3) is 13.6. The number of amides is 1. The van der Waals surface area contributed by atoms with Gasteiger partial charge in [0.05, 0.1) is 31.4 Å². The van der Waals surface area contributed by atoms with Crippen molar-refractivity contribution in [3.8, 4) is 0 Å². The molecule has 10 N–H and O–H groups in total. The zero-order valence-electron chi connectivity index (χ0n) is 27.2. The van der Waals surface area contributed by atoms with Gasteiger partial charge in [0.2, 0.25) is 45.4 Å². The molecule has 55 heavy (non-hydrogen) atoms. The van der Waals surface area contributed by atoms with Crippen molar-refractivity contribution in [3.05, 3.63) is 75.2 Å². The maximum absolute atomic E-state index is 12.4. The van der Waals surface area contributed by atoms with Crippen LogP contribution in [0.1, 0.15) is 12.5 Å². The summed E-state index contributed by atoms with van der Waals surface area (Å²) >= 11 is 19.2. The minimum atomic E-state index is -4.18. The van der Waals surface area contributed by atoms with Gasteiger partial charge in [-0.05, 0) is 29.8 Å². The fourth-order valence-corrected chi connectivity index (χ4v) is 10.5. The number of carbonyl (C=O) groups excluding carboxylic acids is 1. The molecule has 0 spiro atoms. The van der Waals surface area contributed by atoms with Crippen LogP contribution < -0.4 is 30.6 Å². The summed E-state index contributed by atoms with van der Waals surface area (Å²) in [6, 6.07) is 13.5. The Kier molecular flexibility index (Phi) is 15.2. The predicted octanol–water partition coefficient (Wildman–Crippen LogP) is 1.67. The first-order valence-corrected chi connectivity index (χ1v) is 24.6. The van der Waals surface area contributed by atoms with E-state index in [1.807, 2.05) is 30.3 Å². The molecule has 1 aliphatic heterocycles. The molecule has 4 aromatic rings. The molecule has 1 aliphatic rings. The third-order valence-electron chi connectivity index (χ3n) is 6.00. The predicted molar refractivity (Wildman–Crippen MR) is 208 cm³/mol. The summed E-state index contributed by atoms with van der Waals surface area (Å²) in [5.41, 5.74) is 1.19. The van der Waals surface area contributed by atoms with Crippen LogP contribution in [0.2, 0.25) is 15.1 Å². The fourth-order valence-electron chi connectivity index (χ4n) is 3.76. The highest BCUT2D eigenvalue weighted by molar-refractivity contribution is 7.99. The van der Waals surface area contributed by atoms with E-state index in [1.165, 1.54) is 24.8 Å². The SMILES string of the molecule is CC(=O)Nc1nnc(S(N)(=O)=O)s1.NS(=O)(=O)c1cc(Cl)c(Cl)c(S(N)(=O)=O)c1.NS(=O)(=O)c1cc2c(cc1Cl)N=C(CSCc1ccccc1)NS2(=O)=O. The lowest BCUT2D eigenvalue weighted by atomic mass is 10.2. The number of hydrogen-bond acceptors (Lipinski definition) is 16. The lowest BCUT2D eigenvalue weighted by molar-refractivity contribution is -0.114. The normalized spacial score (nSPS) is 13.8. The number of benzene rings is 3. The van der Waals surface area contributed by atoms with Crippen LogP contribution in [-0.2, 0) is 60.7 Å². The molecule has 20 nitrogen and oxygen atoms in total. The molecule has 0 saturated heterocycles. The van der Waals surface area contributed by atoms with Gasteiger partial charge in [-0.1, -0.05) is 76.5 Å². The molecule has 0 saturated carbocycles. The van der Waals surface area contributed by atoms with Crippen molar-refractivity contribution in [2.75, 3.05) is 11.1 Å². The van der Waals surface area contributed by atoms with Crippen molar-refractivity contribution in [2.45, 2.75) is 36.6 Å². The first-order valence-electron chi connectivity index (χ1n) is 13.9. The summed E-state index contributed by atoms with van der Waals surface area (Å²) in [7, 11) is -20.2. The van der Waals surface area contributed by atoms with Gasteiger partial charge in [0.1, 0.15) is 20.5 Å². The molecule has 0 unspecified atom stereocenters. The lowest BCUT2D eigenvalue weighted by Gasteiger charge is -2.19. The Morgan fingerprint density at radius 2 is 1.40 bits per heavy atom. The smallest absolute Gasteiger partial charge is 0.267 e. The zero-order valence-corrected chi connectivity index (χ0v) is 35.2. The molecule has 0 bridgehead atoms. The Bertz CT molecular complexity index is 2720. The van der Waals surface area contributed by atoms with Gasteiger partial charge in [0.25, 0.3) is 20.0 Å². The molecule has 0 radical (unpaired) electrons. The van der Waals surface area contributed by atoms with Crippen LogP contribution in [0, 0.1) is 0 Å². The number of primary sulfonamides is 4. The van der Waals surface area contributed by atoms with Gasteiger partial charge in [-0.2, -0.15) is 0 Å². The van der Waals surface area contributed by atoms with E-state index in [0.29, 0.717) is 22.8 Å². The van der Waals surface area contributed by atoms with E-state index in [2.05, 4.69) is 25.2 Å². The van der Waals surface area contributed by atoms with E-state index in [4.69, 9.17) is 55.4 Å². The molecular weight excluding hydrogens is 933 g/mol. The molecule has 1 aromatic heterocycles. The third-order valence-corrected chi connectivity index (χ3v) is 14.7. The number of nitrogens with two attached hydrogens (primary N) is 4. The first-order chi connectivity index (χ1) is 25.1. The molecule has 3 aromatic carbocycles. The highest BCUT2D eigenvalue weighted by atomic mass is 35.5. The number of thioether (sulfide) groups is 1. The summed E-state index contributed by atoms with van der Waals surface area (Å²) in [6.45, 7) is 1.28. The molecule has 0 fully saturated rings. The maximum Gasteiger partial charge on any atom is 0.267 e. The van der Waals surface area contributed by atoms with Crippen LogP contribution in [-0.4, -0.2) is 69.8 Å². The molecule has 5 rings (SSSR count). The topological polar surface area (TPSA) is 354 Å². The van der Waals surface area contributed by atoms with Crippen LogP contribution in [0.25, 0.3) is 0 Å². The Morgan fingerprint density at radius 3 is 1.91 bits per heavy atom. The number of nitrogens with one attached hydrogen (secondary N) is 2. The van der Waals surface area contributed by atoms with Crippen molar-refractivity contribution in [3.63, 3.8) is 0 Å². The Hall–Kier alpha value is -3.03. The molecule has 2 heterocycles. The second-order valence-electron chi connectivity index (χ2n) is 10.3. The Balaban J connectivity index is 0.000000240. The van der Waals surface area contributed by atoms with E-state index >= 15 is 0 Å². The van der Waals surface area contributed by atoms with Gasteiger partial charge in [-0.3, -0.25) is 9.52 Å². The zero-order chi connectivity index (χ0) is 41.7.